The van der Waals surface area contributed by atoms with Gasteiger partial charge in [0.15, 0.2) is 0 Å². The summed E-state index contributed by atoms with van der Waals surface area (Å²) >= 11 is 4.01. The number of anilines is 4. The van der Waals surface area contributed by atoms with Crippen LogP contribution in [0.1, 0.15) is 74.7 Å². The molecule has 0 aliphatic carbocycles. The monoisotopic (exact) mass is 496 g/mol. The molecule has 4 N–H and O–H groups in total. The normalized spacial score (nSPS) is 10.9. The minimum atomic E-state index is -0.435. The predicted octanol–water partition coefficient (Wildman–Crippen LogP) is 3.81. The molecule has 8 nitrogen and oxygen atoms in total. The van der Waals surface area contributed by atoms with Crippen LogP contribution in [0.5, 0.6) is 0 Å². The van der Waals surface area contributed by atoms with Gasteiger partial charge in [-0.1, -0.05) is 41.5 Å². The Morgan fingerprint density at radius 3 is 1.56 bits per heavy atom. The standard InChI is InChI=1S/C14H24N2O2.C9H14N2O2S.C2H6/c1-5-8-15-10-11(13(18)12(10)17)16-9-6-7-14(2,3)4;1-5(2)11-7-6(10-3-4-14)8(12)9(7)13;1-2/h15-16H,5-9H2,1-4H3;5,10-11,14H,3-4H2,1-2H3;1-2H3. The minimum Gasteiger partial charge on any atom is -0.380 e. The van der Waals surface area contributed by atoms with Crippen molar-refractivity contribution in [2.45, 2.75) is 80.7 Å². The van der Waals surface area contributed by atoms with Crippen molar-refractivity contribution in [1.82, 2.24) is 0 Å². The van der Waals surface area contributed by atoms with E-state index in [1.807, 2.05) is 34.6 Å². The van der Waals surface area contributed by atoms with Crippen LogP contribution < -0.4 is 43.0 Å². The SMILES string of the molecule is CC.CC(C)Nc1c(NCCS)c(=O)c1=O.CCCNc1c(NCCCC(C)(C)C)c(=O)c1=O. The van der Waals surface area contributed by atoms with Crippen LogP contribution in [0.15, 0.2) is 19.2 Å². The van der Waals surface area contributed by atoms with E-state index in [0.717, 1.165) is 32.4 Å². The van der Waals surface area contributed by atoms with Gasteiger partial charge in [-0.3, -0.25) is 19.2 Å². The summed E-state index contributed by atoms with van der Waals surface area (Å²) in [5.74, 6) is 0.625. The third kappa shape index (κ3) is 9.91. The lowest BCUT2D eigenvalue weighted by Gasteiger charge is -2.19. The van der Waals surface area contributed by atoms with Crippen molar-refractivity contribution in [3.63, 3.8) is 0 Å². The summed E-state index contributed by atoms with van der Waals surface area (Å²) in [4.78, 5) is 45.0. The third-order valence-corrected chi connectivity index (χ3v) is 4.85. The van der Waals surface area contributed by atoms with E-state index >= 15 is 0 Å². The lowest BCUT2D eigenvalue weighted by molar-refractivity contribution is 0.370. The Balaban J connectivity index is 0.000000613. The van der Waals surface area contributed by atoms with E-state index in [9.17, 15) is 19.2 Å². The first kappa shape index (κ1) is 31.7. The highest BCUT2D eigenvalue weighted by Gasteiger charge is 2.21. The molecule has 194 valence electrons. The molecule has 0 aliphatic heterocycles. The highest BCUT2D eigenvalue weighted by atomic mass is 32.1. The van der Waals surface area contributed by atoms with Crippen LogP contribution in [0.4, 0.5) is 22.7 Å². The van der Waals surface area contributed by atoms with E-state index in [1.54, 1.807) is 0 Å². The van der Waals surface area contributed by atoms with Gasteiger partial charge in [0.1, 0.15) is 22.7 Å². The topological polar surface area (TPSA) is 116 Å². The van der Waals surface area contributed by atoms with Gasteiger partial charge in [-0.15, -0.1) is 0 Å². The number of rotatable bonds is 12. The van der Waals surface area contributed by atoms with Crippen molar-refractivity contribution in [2.24, 2.45) is 5.41 Å². The quantitative estimate of drug-likeness (QED) is 0.171. The Labute approximate surface area is 209 Å². The van der Waals surface area contributed by atoms with Gasteiger partial charge in [-0.05, 0) is 38.5 Å². The van der Waals surface area contributed by atoms with Crippen molar-refractivity contribution < 1.29 is 0 Å². The van der Waals surface area contributed by atoms with E-state index < -0.39 is 10.9 Å². The molecule has 0 saturated heterocycles. The Morgan fingerprint density at radius 1 is 0.735 bits per heavy atom. The zero-order valence-corrected chi connectivity index (χ0v) is 23.0. The molecule has 0 saturated carbocycles. The maximum absolute atomic E-state index is 11.4. The summed E-state index contributed by atoms with van der Waals surface area (Å²) in [5.41, 5.74) is 0.421. The van der Waals surface area contributed by atoms with Crippen molar-refractivity contribution in [1.29, 1.82) is 0 Å². The molecule has 2 aromatic rings. The molecule has 2 aromatic carbocycles. The van der Waals surface area contributed by atoms with Crippen molar-refractivity contribution in [2.75, 3.05) is 46.7 Å². The molecule has 0 amide bonds. The summed E-state index contributed by atoms with van der Waals surface area (Å²) in [7, 11) is 0. The fourth-order valence-corrected chi connectivity index (χ4v) is 3.09. The largest absolute Gasteiger partial charge is 0.380 e. The number of hydrogen-bond donors (Lipinski definition) is 5. The summed E-state index contributed by atoms with van der Waals surface area (Å²) in [6.07, 6.45) is 3.02. The highest BCUT2D eigenvalue weighted by Crippen LogP contribution is 2.21. The van der Waals surface area contributed by atoms with Crippen LogP contribution in [0.2, 0.25) is 0 Å². The van der Waals surface area contributed by atoms with E-state index in [4.69, 9.17) is 0 Å². The van der Waals surface area contributed by atoms with Gasteiger partial charge in [0.05, 0.1) is 0 Å². The van der Waals surface area contributed by atoms with Gasteiger partial charge in [0, 0.05) is 31.4 Å². The van der Waals surface area contributed by atoms with Crippen LogP contribution >= 0.6 is 12.6 Å². The van der Waals surface area contributed by atoms with Gasteiger partial charge in [0.2, 0.25) is 0 Å². The van der Waals surface area contributed by atoms with Crippen LogP contribution in [0.3, 0.4) is 0 Å². The molecule has 0 aromatic heterocycles. The third-order valence-electron chi connectivity index (χ3n) is 4.62. The first-order valence-electron chi connectivity index (χ1n) is 12.2. The maximum atomic E-state index is 11.4. The van der Waals surface area contributed by atoms with E-state index in [1.165, 1.54) is 0 Å². The average Bonchev–Trinajstić information content (AvgIpc) is 2.80. The fourth-order valence-electron chi connectivity index (χ4n) is 2.98. The van der Waals surface area contributed by atoms with Crippen LogP contribution in [0.25, 0.3) is 0 Å². The molecule has 9 heteroatoms. The van der Waals surface area contributed by atoms with Crippen molar-refractivity contribution in [3.05, 3.63) is 40.9 Å². The smallest absolute Gasteiger partial charge is 0.253 e. The van der Waals surface area contributed by atoms with Crippen LogP contribution in [-0.2, 0) is 0 Å². The Kier molecular flexibility index (Phi) is 14.5. The number of nitrogens with one attached hydrogen (secondary N) is 4. The molecule has 0 atom stereocenters. The Hall–Kier alpha value is -2.29. The Bertz CT molecular complexity index is 995. The van der Waals surface area contributed by atoms with E-state index in [2.05, 4.69) is 54.7 Å². The van der Waals surface area contributed by atoms with Crippen LogP contribution in [0, 0.1) is 5.41 Å². The van der Waals surface area contributed by atoms with E-state index in [0.29, 0.717) is 40.5 Å². The molecule has 34 heavy (non-hydrogen) atoms. The Morgan fingerprint density at radius 2 is 1.15 bits per heavy atom. The molecule has 0 aliphatic rings. The highest BCUT2D eigenvalue weighted by molar-refractivity contribution is 7.80. The minimum absolute atomic E-state index is 0.148. The molecule has 0 bridgehead atoms. The molecule has 0 heterocycles. The predicted molar refractivity (Wildman–Crippen MR) is 151 cm³/mol. The first-order valence-corrected chi connectivity index (χ1v) is 12.8. The molecule has 0 radical (unpaired) electrons. The van der Waals surface area contributed by atoms with Gasteiger partial charge in [-0.25, -0.2) is 0 Å². The molecular formula is C25H44N4O4S. The lowest BCUT2D eigenvalue weighted by atomic mass is 9.90. The first-order chi connectivity index (χ1) is 15.9. The van der Waals surface area contributed by atoms with Crippen molar-refractivity contribution >= 4 is 35.4 Å². The fraction of sp³-hybridized carbons (Fsp3) is 0.680. The second kappa shape index (κ2) is 15.6. The molecule has 0 fully saturated rings. The summed E-state index contributed by atoms with van der Waals surface area (Å²) in [6, 6.07) is 0.148. The van der Waals surface area contributed by atoms with Gasteiger partial charge in [-0.2, -0.15) is 12.6 Å². The van der Waals surface area contributed by atoms with Crippen molar-refractivity contribution in [3.8, 4) is 0 Å². The average molecular weight is 497 g/mol. The maximum Gasteiger partial charge on any atom is 0.253 e. The zero-order chi connectivity index (χ0) is 26.5. The summed E-state index contributed by atoms with van der Waals surface area (Å²) in [6.45, 7) is 18.5. The number of thiol groups is 1. The molecule has 2 rings (SSSR count). The molecular weight excluding hydrogens is 452 g/mol. The molecule has 0 spiro atoms. The second-order valence-electron chi connectivity index (χ2n) is 9.28. The van der Waals surface area contributed by atoms with Gasteiger partial charge < -0.3 is 21.3 Å². The van der Waals surface area contributed by atoms with E-state index in [-0.39, 0.29) is 16.9 Å². The van der Waals surface area contributed by atoms with Crippen LogP contribution in [-0.4, -0.2) is 31.4 Å². The second-order valence-corrected chi connectivity index (χ2v) is 9.73. The molecule has 0 unspecified atom stereocenters. The number of hydrogen-bond acceptors (Lipinski definition) is 9. The lowest BCUT2D eigenvalue weighted by Crippen LogP contribution is -2.38. The van der Waals surface area contributed by atoms with Gasteiger partial charge in [0.25, 0.3) is 21.7 Å². The van der Waals surface area contributed by atoms with Gasteiger partial charge >= 0.3 is 0 Å². The summed E-state index contributed by atoms with van der Waals surface area (Å²) in [5, 5.41) is 11.9. The zero-order valence-electron chi connectivity index (χ0n) is 22.1. The summed E-state index contributed by atoms with van der Waals surface area (Å²) < 4.78 is 0.